The molecule has 2 aromatic rings. The molecule has 0 bridgehead atoms. The van der Waals surface area contributed by atoms with Crippen molar-refractivity contribution in [3.05, 3.63) is 40.4 Å². The lowest BCUT2D eigenvalue weighted by Crippen LogP contribution is -2.40. The smallest absolute Gasteiger partial charge is 0.323 e. The minimum absolute atomic E-state index is 0.156. The Morgan fingerprint density at radius 2 is 2.00 bits per heavy atom. The van der Waals surface area contributed by atoms with Crippen LogP contribution in [0.1, 0.15) is 17.5 Å². The molecule has 0 radical (unpaired) electrons. The maximum atomic E-state index is 13.2. The summed E-state index contributed by atoms with van der Waals surface area (Å²) in [4.78, 5) is 13.2. The number of amides is 2. The lowest BCUT2D eigenvalue weighted by molar-refractivity contribution is 0.166. The summed E-state index contributed by atoms with van der Waals surface area (Å²) < 4.78 is 26.3. The molecule has 124 valence electrons. The molecule has 2 N–H and O–H groups in total. The Morgan fingerprint density at radius 3 is 2.61 bits per heavy atom. The number of halogens is 2. The van der Waals surface area contributed by atoms with Gasteiger partial charge in [0.05, 0.1) is 12.6 Å². The predicted octanol–water partition coefficient (Wildman–Crippen LogP) is 2.25. The van der Waals surface area contributed by atoms with Crippen LogP contribution in [0, 0.1) is 11.6 Å². The molecule has 9 heteroatoms. The summed E-state index contributed by atoms with van der Waals surface area (Å²) in [5, 5.41) is 20.1. The maximum Gasteiger partial charge on any atom is 0.323 e. The van der Waals surface area contributed by atoms with Gasteiger partial charge in [-0.05, 0) is 24.6 Å². The Hall–Kier alpha value is -2.13. The highest BCUT2D eigenvalue weighted by atomic mass is 32.1. The summed E-state index contributed by atoms with van der Waals surface area (Å²) in [6, 6.07) is 2.48. The van der Waals surface area contributed by atoms with E-state index in [4.69, 9.17) is 5.11 Å². The van der Waals surface area contributed by atoms with Crippen molar-refractivity contribution in [3.8, 4) is 0 Å². The van der Waals surface area contributed by atoms with E-state index in [1.165, 1.54) is 17.0 Å². The van der Waals surface area contributed by atoms with Gasteiger partial charge in [-0.2, -0.15) is 0 Å². The fourth-order valence-corrected chi connectivity index (χ4v) is 2.53. The van der Waals surface area contributed by atoms with Crippen LogP contribution in [-0.4, -0.2) is 45.9 Å². The molecule has 6 nitrogen and oxygen atoms in total. The zero-order chi connectivity index (χ0) is 17.0. The molecule has 1 unspecified atom stereocenters. The molecule has 1 atom stereocenters. The van der Waals surface area contributed by atoms with Crippen molar-refractivity contribution in [1.82, 2.24) is 15.1 Å². The Morgan fingerprint density at radius 1 is 1.35 bits per heavy atom. The van der Waals surface area contributed by atoms with E-state index >= 15 is 0 Å². The van der Waals surface area contributed by atoms with Crippen molar-refractivity contribution < 1.29 is 18.7 Å². The fraction of sp³-hybridized carbons (Fsp3) is 0.357. The van der Waals surface area contributed by atoms with Gasteiger partial charge in [0.2, 0.25) is 5.13 Å². The van der Waals surface area contributed by atoms with Crippen molar-refractivity contribution in [2.75, 3.05) is 19.0 Å². The summed E-state index contributed by atoms with van der Waals surface area (Å²) >= 11 is 1.12. The largest absolute Gasteiger partial charge is 0.394 e. The SMILES string of the molecule is CC(CO)N(C)C(=O)Nc1nnc(Cc2cc(F)cc(F)c2)s1. The first kappa shape index (κ1) is 17.2. The molecule has 0 aliphatic heterocycles. The molecule has 0 fully saturated rings. The quantitative estimate of drug-likeness (QED) is 0.874. The highest BCUT2D eigenvalue weighted by Crippen LogP contribution is 2.20. The van der Waals surface area contributed by atoms with Crippen LogP contribution in [-0.2, 0) is 6.42 Å². The molecule has 0 aliphatic carbocycles. The number of urea groups is 1. The van der Waals surface area contributed by atoms with E-state index in [-0.39, 0.29) is 24.2 Å². The molecule has 0 spiro atoms. The highest BCUT2D eigenvalue weighted by molar-refractivity contribution is 7.15. The molecule has 1 heterocycles. The van der Waals surface area contributed by atoms with Gasteiger partial charge in [0.25, 0.3) is 0 Å². The van der Waals surface area contributed by atoms with E-state index < -0.39 is 17.7 Å². The number of carbonyl (C=O) groups excluding carboxylic acids is 1. The minimum Gasteiger partial charge on any atom is -0.394 e. The van der Waals surface area contributed by atoms with Crippen LogP contribution in [0.5, 0.6) is 0 Å². The first-order valence-electron chi connectivity index (χ1n) is 6.81. The first-order valence-corrected chi connectivity index (χ1v) is 7.62. The lowest BCUT2D eigenvalue weighted by atomic mass is 10.1. The van der Waals surface area contributed by atoms with Gasteiger partial charge in [0, 0.05) is 19.5 Å². The molecule has 0 aliphatic rings. The molecule has 2 amide bonds. The third-order valence-electron chi connectivity index (χ3n) is 3.20. The van der Waals surface area contributed by atoms with E-state index in [0.29, 0.717) is 10.6 Å². The molecule has 2 rings (SSSR count). The Bertz CT molecular complexity index is 675. The predicted molar refractivity (Wildman–Crippen MR) is 82.4 cm³/mol. The van der Waals surface area contributed by atoms with Crippen molar-refractivity contribution in [1.29, 1.82) is 0 Å². The van der Waals surface area contributed by atoms with Gasteiger partial charge in [0.1, 0.15) is 16.6 Å². The van der Waals surface area contributed by atoms with E-state index in [1.54, 1.807) is 14.0 Å². The molecule has 23 heavy (non-hydrogen) atoms. The number of aliphatic hydroxyl groups is 1. The van der Waals surface area contributed by atoms with Crippen LogP contribution in [0.3, 0.4) is 0 Å². The van der Waals surface area contributed by atoms with E-state index in [1.807, 2.05) is 0 Å². The second-order valence-corrected chi connectivity index (χ2v) is 6.09. The van der Waals surface area contributed by atoms with E-state index in [0.717, 1.165) is 17.4 Å². The van der Waals surface area contributed by atoms with Crippen LogP contribution in [0.15, 0.2) is 18.2 Å². The number of benzene rings is 1. The van der Waals surface area contributed by atoms with Crippen molar-refractivity contribution in [3.63, 3.8) is 0 Å². The normalized spacial score (nSPS) is 12.0. The maximum absolute atomic E-state index is 13.2. The van der Waals surface area contributed by atoms with Crippen molar-refractivity contribution >= 4 is 22.5 Å². The summed E-state index contributed by atoms with van der Waals surface area (Å²) in [7, 11) is 1.55. The monoisotopic (exact) mass is 342 g/mol. The minimum atomic E-state index is -0.655. The van der Waals surface area contributed by atoms with Gasteiger partial charge in [-0.15, -0.1) is 10.2 Å². The van der Waals surface area contributed by atoms with Crippen molar-refractivity contribution in [2.24, 2.45) is 0 Å². The highest BCUT2D eigenvalue weighted by Gasteiger charge is 2.17. The van der Waals surface area contributed by atoms with Crippen LogP contribution < -0.4 is 5.32 Å². The molecule has 0 saturated carbocycles. The summed E-state index contributed by atoms with van der Waals surface area (Å²) in [5.41, 5.74) is 0.433. The van der Waals surface area contributed by atoms with Gasteiger partial charge < -0.3 is 10.0 Å². The van der Waals surface area contributed by atoms with Gasteiger partial charge in [0.15, 0.2) is 0 Å². The second kappa shape index (κ2) is 7.42. The van der Waals surface area contributed by atoms with Gasteiger partial charge in [-0.25, -0.2) is 13.6 Å². The Kier molecular flexibility index (Phi) is 5.56. The molecule has 1 aromatic heterocycles. The van der Waals surface area contributed by atoms with Crippen molar-refractivity contribution in [2.45, 2.75) is 19.4 Å². The third-order valence-corrected chi connectivity index (χ3v) is 4.04. The Labute approximate surface area is 135 Å². The fourth-order valence-electron chi connectivity index (χ4n) is 1.77. The lowest BCUT2D eigenvalue weighted by Gasteiger charge is -2.22. The number of rotatable bonds is 5. The van der Waals surface area contributed by atoms with E-state index in [9.17, 15) is 13.6 Å². The zero-order valence-electron chi connectivity index (χ0n) is 12.6. The first-order chi connectivity index (χ1) is 10.9. The summed E-state index contributed by atoms with van der Waals surface area (Å²) in [5.74, 6) is -1.31. The average molecular weight is 342 g/mol. The van der Waals surface area contributed by atoms with Crippen LogP contribution >= 0.6 is 11.3 Å². The van der Waals surface area contributed by atoms with Gasteiger partial charge in [-0.1, -0.05) is 11.3 Å². The molecule has 0 saturated heterocycles. The second-order valence-electron chi connectivity index (χ2n) is 5.03. The number of nitrogens with zero attached hydrogens (tertiary/aromatic N) is 3. The number of carbonyl (C=O) groups is 1. The van der Waals surface area contributed by atoms with Crippen LogP contribution in [0.25, 0.3) is 0 Å². The summed E-state index contributed by atoms with van der Waals surface area (Å²) in [6.07, 6.45) is 0.213. The molecule has 1 aromatic carbocycles. The molecular weight excluding hydrogens is 326 g/mol. The van der Waals surface area contributed by atoms with Gasteiger partial charge in [-0.3, -0.25) is 5.32 Å². The van der Waals surface area contributed by atoms with Crippen LogP contribution in [0.2, 0.25) is 0 Å². The number of anilines is 1. The Balaban J connectivity index is 2.02. The van der Waals surface area contributed by atoms with Crippen LogP contribution in [0.4, 0.5) is 18.7 Å². The number of nitrogens with one attached hydrogen (secondary N) is 1. The average Bonchev–Trinajstić information content (AvgIpc) is 2.91. The topological polar surface area (TPSA) is 78.4 Å². The van der Waals surface area contributed by atoms with E-state index in [2.05, 4.69) is 15.5 Å². The number of hydrogen-bond acceptors (Lipinski definition) is 5. The van der Waals surface area contributed by atoms with Gasteiger partial charge >= 0.3 is 6.03 Å². The zero-order valence-corrected chi connectivity index (χ0v) is 13.4. The third kappa shape index (κ3) is 4.67. The number of aliphatic hydroxyl groups excluding tert-OH is 1. The number of likely N-dealkylation sites (N-methyl/N-ethyl adjacent to an activating group) is 1. The molecular formula is C14H16F2N4O2S. The number of hydrogen-bond donors (Lipinski definition) is 2. The number of aromatic nitrogens is 2. The standard InChI is InChI=1S/C14H16F2N4O2S/c1-8(7-21)20(2)14(22)17-13-19-18-12(23-13)5-9-3-10(15)6-11(16)4-9/h3-4,6,8,21H,5,7H2,1-2H3,(H,17,19,22). The summed E-state index contributed by atoms with van der Waals surface area (Å²) in [6.45, 7) is 1.54.